The van der Waals surface area contributed by atoms with Gasteiger partial charge in [-0.2, -0.15) is 0 Å². The molecule has 0 unspecified atom stereocenters. The summed E-state index contributed by atoms with van der Waals surface area (Å²) >= 11 is 0. The van der Waals surface area contributed by atoms with Crippen LogP contribution in [0.2, 0.25) is 0 Å². The van der Waals surface area contributed by atoms with Gasteiger partial charge in [-0.05, 0) is 19.8 Å². The second kappa shape index (κ2) is 5.63. The molecular formula is C16H15N2O4-. The SMILES string of the molecule is Cc1onc(-c2ccccc2)c1C(=O)N1CCC[C@@H]1C(=O)[O-]. The molecule has 1 amide bonds. The highest BCUT2D eigenvalue weighted by atomic mass is 16.5. The van der Waals surface area contributed by atoms with Crippen molar-refractivity contribution >= 4 is 11.9 Å². The predicted octanol–water partition coefficient (Wildman–Crippen LogP) is 1.00. The lowest BCUT2D eigenvalue weighted by molar-refractivity contribution is -0.310. The monoisotopic (exact) mass is 299 g/mol. The lowest BCUT2D eigenvalue weighted by Crippen LogP contribution is -2.47. The smallest absolute Gasteiger partial charge is 0.260 e. The molecule has 22 heavy (non-hydrogen) atoms. The molecule has 0 spiro atoms. The standard InChI is InChI=1S/C16H16N2O4/c1-10-13(14(17-22-10)11-6-3-2-4-7-11)15(19)18-9-5-8-12(18)16(20)21/h2-4,6-7,12H,5,8-9H2,1H3,(H,20,21)/p-1/t12-/m1/s1. The number of carbonyl (C=O) groups excluding carboxylic acids is 2. The minimum atomic E-state index is -1.22. The molecule has 0 aliphatic carbocycles. The van der Waals surface area contributed by atoms with Crippen LogP contribution in [0.3, 0.4) is 0 Å². The minimum Gasteiger partial charge on any atom is -0.548 e. The van der Waals surface area contributed by atoms with Crippen LogP contribution < -0.4 is 5.11 Å². The van der Waals surface area contributed by atoms with Gasteiger partial charge in [-0.15, -0.1) is 0 Å². The quantitative estimate of drug-likeness (QED) is 0.844. The highest BCUT2D eigenvalue weighted by Crippen LogP contribution is 2.29. The molecule has 1 saturated heterocycles. The molecule has 2 aromatic rings. The van der Waals surface area contributed by atoms with Gasteiger partial charge in [-0.3, -0.25) is 4.79 Å². The van der Waals surface area contributed by atoms with Crippen LogP contribution in [-0.4, -0.2) is 34.5 Å². The summed E-state index contributed by atoms with van der Waals surface area (Å²) in [6.07, 6.45) is 1.06. The summed E-state index contributed by atoms with van der Waals surface area (Å²) in [4.78, 5) is 25.3. The Morgan fingerprint density at radius 3 is 2.73 bits per heavy atom. The Balaban J connectivity index is 2.00. The van der Waals surface area contributed by atoms with Crippen LogP contribution in [0.15, 0.2) is 34.9 Å². The third-order valence-corrected chi connectivity index (χ3v) is 3.91. The number of aromatic nitrogens is 1. The highest BCUT2D eigenvalue weighted by molar-refractivity contribution is 6.02. The number of hydrogen-bond donors (Lipinski definition) is 0. The van der Waals surface area contributed by atoms with E-state index in [0.29, 0.717) is 36.4 Å². The number of aryl methyl sites for hydroxylation is 1. The first-order chi connectivity index (χ1) is 10.6. The van der Waals surface area contributed by atoms with E-state index in [0.717, 1.165) is 5.56 Å². The van der Waals surface area contributed by atoms with Gasteiger partial charge in [-0.25, -0.2) is 0 Å². The van der Waals surface area contributed by atoms with Gasteiger partial charge in [0.15, 0.2) is 0 Å². The number of rotatable bonds is 3. The van der Waals surface area contributed by atoms with Crippen LogP contribution in [0.4, 0.5) is 0 Å². The van der Waals surface area contributed by atoms with E-state index < -0.39 is 12.0 Å². The number of carboxylic acids is 1. The summed E-state index contributed by atoms with van der Waals surface area (Å²) in [5.41, 5.74) is 1.51. The maximum atomic E-state index is 12.8. The zero-order valence-electron chi connectivity index (χ0n) is 12.1. The number of aliphatic carboxylic acids is 1. The summed E-state index contributed by atoms with van der Waals surface area (Å²) in [6, 6.07) is 8.32. The van der Waals surface area contributed by atoms with E-state index in [9.17, 15) is 14.7 Å². The number of likely N-dealkylation sites (tertiary alicyclic amines) is 1. The van der Waals surface area contributed by atoms with E-state index in [1.165, 1.54) is 4.90 Å². The van der Waals surface area contributed by atoms with Crippen molar-refractivity contribution in [1.82, 2.24) is 10.1 Å². The molecule has 2 heterocycles. The van der Waals surface area contributed by atoms with Gasteiger partial charge < -0.3 is 19.3 Å². The van der Waals surface area contributed by atoms with Crippen LogP contribution in [0.1, 0.15) is 29.0 Å². The molecule has 0 bridgehead atoms. The van der Waals surface area contributed by atoms with Gasteiger partial charge in [0.25, 0.3) is 5.91 Å². The predicted molar refractivity (Wildman–Crippen MR) is 75.7 cm³/mol. The molecule has 1 aromatic heterocycles. The van der Waals surface area contributed by atoms with Crippen LogP contribution in [0.5, 0.6) is 0 Å². The van der Waals surface area contributed by atoms with Crippen LogP contribution in [0.25, 0.3) is 11.3 Å². The summed E-state index contributed by atoms with van der Waals surface area (Å²) in [5.74, 6) is -1.21. The van der Waals surface area contributed by atoms with Crippen LogP contribution in [0, 0.1) is 6.92 Å². The fraction of sp³-hybridized carbons (Fsp3) is 0.312. The lowest BCUT2D eigenvalue weighted by Gasteiger charge is -2.25. The van der Waals surface area contributed by atoms with E-state index in [1.807, 2.05) is 30.3 Å². The Morgan fingerprint density at radius 1 is 1.32 bits per heavy atom. The Labute approximate surface area is 127 Å². The van der Waals surface area contributed by atoms with Crippen molar-refractivity contribution in [1.29, 1.82) is 0 Å². The first-order valence-electron chi connectivity index (χ1n) is 7.13. The molecule has 0 radical (unpaired) electrons. The maximum absolute atomic E-state index is 12.8. The molecule has 0 N–H and O–H groups in total. The minimum absolute atomic E-state index is 0.319. The zero-order chi connectivity index (χ0) is 15.7. The molecule has 1 aliphatic rings. The van der Waals surface area contributed by atoms with E-state index >= 15 is 0 Å². The van der Waals surface area contributed by atoms with Crippen molar-refractivity contribution in [2.75, 3.05) is 6.54 Å². The fourth-order valence-electron chi connectivity index (χ4n) is 2.82. The Bertz CT molecular complexity index is 708. The number of hydrogen-bond acceptors (Lipinski definition) is 5. The van der Waals surface area contributed by atoms with Crippen molar-refractivity contribution in [2.45, 2.75) is 25.8 Å². The number of carboxylic acid groups (broad SMARTS) is 1. The van der Waals surface area contributed by atoms with E-state index in [1.54, 1.807) is 6.92 Å². The molecule has 6 heteroatoms. The van der Waals surface area contributed by atoms with Gasteiger partial charge >= 0.3 is 0 Å². The second-order valence-corrected chi connectivity index (χ2v) is 5.30. The van der Waals surface area contributed by atoms with Crippen molar-refractivity contribution in [3.63, 3.8) is 0 Å². The van der Waals surface area contributed by atoms with Crippen molar-refractivity contribution < 1.29 is 19.2 Å². The van der Waals surface area contributed by atoms with Crippen molar-refractivity contribution in [3.05, 3.63) is 41.7 Å². The van der Waals surface area contributed by atoms with Gasteiger partial charge in [0, 0.05) is 12.1 Å². The fourth-order valence-corrected chi connectivity index (χ4v) is 2.82. The molecular weight excluding hydrogens is 284 g/mol. The van der Waals surface area contributed by atoms with Crippen LogP contribution in [-0.2, 0) is 4.79 Å². The van der Waals surface area contributed by atoms with E-state index in [2.05, 4.69) is 5.16 Å². The van der Waals surface area contributed by atoms with Gasteiger partial charge in [0.2, 0.25) is 0 Å². The highest BCUT2D eigenvalue weighted by Gasteiger charge is 2.34. The summed E-state index contributed by atoms with van der Waals surface area (Å²) in [5, 5.41) is 15.1. The summed E-state index contributed by atoms with van der Waals surface area (Å²) < 4.78 is 5.17. The molecule has 1 aliphatic heterocycles. The number of benzene rings is 1. The van der Waals surface area contributed by atoms with Crippen LogP contribution >= 0.6 is 0 Å². The number of nitrogens with zero attached hydrogens (tertiary/aromatic N) is 2. The largest absolute Gasteiger partial charge is 0.548 e. The average molecular weight is 299 g/mol. The van der Waals surface area contributed by atoms with Crippen molar-refractivity contribution in [3.8, 4) is 11.3 Å². The molecule has 1 aromatic carbocycles. The molecule has 3 rings (SSSR count). The normalized spacial score (nSPS) is 17.7. The molecule has 1 atom stereocenters. The number of amides is 1. The Morgan fingerprint density at radius 2 is 2.05 bits per heavy atom. The molecule has 1 fully saturated rings. The average Bonchev–Trinajstić information content (AvgIpc) is 3.14. The summed E-state index contributed by atoms with van der Waals surface area (Å²) in [6.45, 7) is 2.05. The third-order valence-electron chi connectivity index (χ3n) is 3.91. The van der Waals surface area contributed by atoms with Crippen molar-refractivity contribution in [2.24, 2.45) is 0 Å². The summed E-state index contributed by atoms with van der Waals surface area (Å²) in [7, 11) is 0. The zero-order valence-corrected chi connectivity index (χ0v) is 12.1. The Kier molecular flexibility index (Phi) is 3.66. The molecule has 6 nitrogen and oxygen atoms in total. The second-order valence-electron chi connectivity index (χ2n) is 5.30. The Hall–Kier alpha value is -2.63. The first kappa shape index (κ1) is 14.3. The van der Waals surface area contributed by atoms with E-state index in [-0.39, 0.29) is 5.91 Å². The number of carbonyl (C=O) groups is 2. The topological polar surface area (TPSA) is 86.5 Å². The van der Waals surface area contributed by atoms with Gasteiger partial charge in [0.1, 0.15) is 17.0 Å². The third kappa shape index (κ3) is 2.36. The molecule has 0 saturated carbocycles. The lowest BCUT2D eigenvalue weighted by atomic mass is 10.0. The first-order valence-corrected chi connectivity index (χ1v) is 7.13. The van der Waals surface area contributed by atoms with E-state index in [4.69, 9.17) is 4.52 Å². The van der Waals surface area contributed by atoms with Gasteiger partial charge in [-0.1, -0.05) is 35.5 Å². The molecule has 114 valence electrons. The van der Waals surface area contributed by atoms with Gasteiger partial charge in [0.05, 0.1) is 12.0 Å². The maximum Gasteiger partial charge on any atom is 0.260 e.